The van der Waals surface area contributed by atoms with Crippen molar-refractivity contribution in [3.63, 3.8) is 0 Å². The van der Waals surface area contributed by atoms with Gasteiger partial charge in [-0.3, -0.25) is 4.79 Å². The van der Waals surface area contributed by atoms with Crippen molar-refractivity contribution < 1.29 is 24.0 Å². The van der Waals surface area contributed by atoms with Gasteiger partial charge in [-0.15, -0.1) is 0 Å². The van der Waals surface area contributed by atoms with Crippen LogP contribution in [-0.2, 0) is 4.74 Å². The SMILES string of the molecule is CCOCC1CCCN1C(=O)c1cccc(B(O)O)c1F. The summed E-state index contributed by atoms with van der Waals surface area (Å²) in [6.45, 7) is 3.44. The van der Waals surface area contributed by atoms with Crippen LogP contribution < -0.4 is 5.46 Å². The molecule has 0 radical (unpaired) electrons. The molecule has 0 saturated carbocycles. The summed E-state index contributed by atoms with van der Waals surface area (Å²) in [6, 6.07) is 4.00. The van der Waals surface area contributed by atoms with Crippen LogP contribution in [0.1, 0.15) is 30.1 Å². The monoisotopic (exact) mass is 295 g/mol. The zero-order chi connectivity index (χ0) is 15.4. The zero-order valence-corrected chi connectivity index (χ0v) is 12.0. The van der Waals surface area contributed by atoms with Gasteiger partial charge in [-0.05, 0) is 25.8 Å². The Labute approximate surface area is 123 Å². The van der Waals surface area contributed by atoms with Gasteiger partial charge in [0.15, 0.2) is 0 Å². The van der Waals surface area contributed by atoms with Crippen molar-refractivity contribution in [2.24, 2.45) is 0 Å². The van der Waals surface area contributed by atoms with Crippen LogP contribution in [0.25, 0.3) is 0 Å². The lowest BCUT2D eigenvalue weighted by Crippen LogP contribution is -2.40. The lowest BCUT2D eigenvalue weighted by Gasteiger charge is -2.25. The number of carbonyl (C=O) groups is 1. The fourth-order valence-corrected chi connectivity index (χ4v) is 2.60. The Morgan fingerprint density at radius 3 is 2.95 bits per heavy atom. The van der Waals surface area contributed by atoms with Gasteiger partial charge in [0, 0.05) is 18.6 Å². The molecule has 5 nitrogen and oxygen atoms in total. The third-order valence-electron chi connectivity index (χ3n) is 3.69. The van der Waals surface area contributed by atoms with Gasteiger partial charge in [0.05, 0.1) is 18.2 Å². The molecule has 114 valence electrons. The number of rotatable bonds is 5. The normalized spacial score (nSPS) is 18.1. The highest BCUT2D eigenvalue weighted by atomic mass is 19.1. The smallest absolute Gasteiger partial charge is 0.423 e. The van der Waals surface area contributed by atoms with E-state index in [2.05, 4.69) is 0 Å². The van der Waals surface area contributed by atoms with Crippen molar-refractivity contribution in [1.29, 1.82) is 0 Å². The summed E-state index contributed by atoms with van der Waals surface area (Å²) in [5, 5.41) is 18.2. The van der Waals surface area contributed by atoms with Gasteiger partial charge in [-0.1, -0.05) is 12.1 Å². The summed E-state index contributed by atoms with van der Waals surface area (Å²) in [5.74, 6) is -1.31. The topological polar surface area (TPSA) is 70.0 Å². The number of likely N-dealkylation sites (tertiary alicyclic amines) is 1. The minimum Gasteiger partial charge on any atom is -0.423 e. The maximum Gasteiger partial charge on any atom is 0.491 e. The van der Waals surface area contributed by atoms with Gasteiger partial charge >= 0.3 is 7.12 Å². The lowest BCUT2D eigenvalue weighted by molar-refractivity contribution is 0.0561. The van der Waals surface area contributed by atoms with Crippen molar-refractivity contribution in [1.82, 2.24) is 4.90 Å². The average Bonchev–Trinajstić information content (AvgIpc) is 2.92. The van der Waals surface area contributed by atoms with Crippen molar-refractivity contribution in [2.75, 3.05) is 19.8 Å². The molecule has 1 aromatic carbocycles. The summed E-state index contributed by atoms with van der Waals surface area (Å²) < 4.78 is 19.6. The molecule has 1 fully saturated rings. The quantitative estimate of drug-likeness (QED) is 0.759. The van der Waals surface area contributed by atoms with E-state index in [1.807, 2.05) is 6.92 Å². The highest BCUT2D eigenvalue weighted by Gasteiger charge is 2.32. The van der Waals surface area contributed by atoms with Crippen LogP contribution in [0.4, 0.5) is 4.39 Å². The summed E-state index contributed by atoms with van der Waals surface area (Å²) in [5.41, 5.74) is -0.426. The molecule has 1 aliphatic rings. The Morgan fingerprint density at radius 1 is 1.52 bits per heavy atom. The number of amides is 1. The molecule has 0 aliphatic carbocycles. The fraction of sp³-hybridized carbons (Fsp3) is 0.500. The molecule has 0 spiro atoms. The fourth-order valence-electron chi connectivity index (χ4n) is 2.60. The minimum absolute atomic E-state index is 0.0560. The summed E-state index contributed by atoms with van der Waals surface area (Å²) in [7, 11) is -1.93. The van der Waals surface area contributed by atoms with E-state index in [-0.39, 0.29) is 17.1 Å². The number of carbonyl (C=O) groups excluding carboxylic acids is 1. The van der Waals surface area contributed by atoms with Crippen LogP contribution >= 0.6 is 0 Å². The molecule has 2 N–H and O–H groups in total. The lowest BCUT2D eigenvalue weighted by atomic mass is 9.79. The van der Waals surface area contributed by atoms with E-state index < -0.39 is 18.8 Å². The Kier molecular flexibility index (Phi) is 5.33. The molecule has 1 amide bonds. The highest BCUT2D eigenvalue weighted by Crippen LogP contribution is 2.21. The van der Waals surface area contributed by atoms with E-state index in [0.717, 1.165) is 12.8 Å². The molecule has 0 bridgehead atoms. The molecule has 7 heteroatoms. The summed E-state index contributed by atoms with van der Waals surface area (Å²) in [6.07, 6.45) is 1.68. The first-order chi connectivity index (χ1) is 10.1. The van der Waals surface area contributed by atoms with Crippen LogP contribution in [0, 0.1) is 5.82 Å². The van der Waals surface area contributed by atoms with E-state index >= 15 is 0 Å². The number of nitrogens with zero attached hydrogens (tertiary/aromatic N) is 1. The summed E-state index contributed by atoms with van der Waals surface area (Å²) in [4.78, 5) is 14.1. The molecule has 1 unspecified atom stereocenters. The van der Waals surface area contributed by atoms with Crippen LogP contribution in [-0.4, -0.2) is 53.8 Å². The number of ether oxygens (including phenoxy) is 1. The maximum atomic E-state index is 14.2. The van der Waals surface area contributed by atoms with E-state index in [0.29, 0.717) is 19.8 Å². The van der Waals surface area contributed by atoms with Crippen molar-refractivity contribution in [3.05, 3.63) is 29.6 Å². The average molecular weight is 295 g/mol. The molecule has 0 aromatic heterocycles. The first-order valence-corrected chi connectivity index (χ1v) is 7.09. The molecule has 2 rings (SSSR count). The largest absolute Gasteiger partial charge is 0.491 e. The van der Waals surface area contributed by atoms with Gasteiger partial charge in [0.25, 0.3) is 5.91 Å². The van der Waals surface area contributed by atoms with E-state index in [1.54, 1.807) is 4.90 Å². The maximum absolute atomic E-state index is 14.2. The van der Waals surface area contributed by atoms with Crippen molar-refractivity contribution in [3.8, 4) is 0 Å². The molecule has 1 saturated heterocycles. The van der Waals surface area contributed by atoms with Gasteiger partial charge in [-0.25, -0.2) is 4.39 Å². The molecule has 1 aromatic rings. The third-order valence-corrected chi connectivity index (χ3v) is 3.69. The standard InChI is InChI=1S/C14H19BFNO4/c1-2-21-9-10-5-4-8-17(10)14(18)11-6-3-7-12(13(11)16)15(19)20/h3,6-7,10,19-20H,2,4-5,8-9H2,1H3. The molecular weight excluding hydrogens is 276 g/mol. The van der Waals surface area contributed by atoms with Crippen LogP contribution in [0.5, 0.6) is 0 Å². The first kappa shape index (κ1) is 15.9. The minimum atomic E-state index is -1.93. The second-order valence-corrected chi connectivity index (χ2v) is 5.04. The van der Waals surface area contributed by atoms with Crippen LogP contribution in [0.2, 0.25) is 0 Å². The van der Waals surface area contributed by atoms with E-state index in [4.69, 9.17) is 14.8 Å². The second kappa shape index (κ2) is 7.02. The molecule has 1 atom stereocenters. The van der Waals surface area contributed by atoms with Gasteiger partial charge in [0.1, 0.15) is 5.82 Å². The predicted octanol–water partition coefficient (Wildman–Crippen LogP) is 0.147. The molecular formula is C14H19BFNO4. The second-order valence-electron chi connectivity index (χ2n) is 5.04. The summed E-state index contributed by atoms with van der Waals surface area (Å²) >= 11 is 0. The number of benzene rings is 1. The van der Waals surface area contributed by atoms with Crippen molar-refractivity contribution >= 4 is 18.5 Å². The molecule has 1 aliphatic heterocycles. The Morgan fingerprint density at radius 2 is 2.29 bits per heavy atom. The number of hydrogen-bond acceptors (Lipinski definition) is 4. The molecule has 1 heterocycles. The Bertz CT molecular complexity index is 512. The van der Waals surface area contributed by atoms with Crippen LogP contribution in [0.15, 0.2) is 18.2 Å². The Hall–Kier alpha value is -1.44. The first-order valence-electron chi connectivity index (χ1n) is 7.09. The zero-order valence-electron chi connectivity index (χ0n) is 12.0. The number of hydrogen-bond donors (Lipinski definition) is 2. The predicted molar refractivity (Wildman–Crippen MR) is 76.8 cm³/mol. The molecule has 21 heavy (non-hydrogen) atoms. The Balaban J connectivity index is 2.21. The van der Waals surface area contributed by atoms with Crippen LogP contribution in [0.3, 0.4) is 0 Å². The number of halogens is 1. The third kappa shape index (κ3) is 3.43. The van der Waals surface area contributed by atoms with E-state index in [1.165, 1.54) is 18.2 Å². The van der Waals surface area contributed by atoms with Gasteiger partial charge in [-0.2, -0.15) is 0 Å². The van der Waals surface area contributed by atoms with Gasteiger partial charge < -0.3 is 19.7 Å². The van der Waals surface area contributed by atoms with Gasteiger partial charge in [0.2, 0.25) is 0 Å². The highest BCUT2D eigenvalue weighted by molar-refractivity contribution is 6.58. The van der Waals surface area contributed by atoms with Crippen molar-refractivity contribution in [2.45, 2.75) is 25.8 Å². The van der Waals surface area contributed by atoms with E-state index in [9.17, 15) is 9.18 Å².